The molecule has 2 rings (SSSR count). The van der Waals surface area contributed by atoms with E-state index in [0.29, 0.717) is 5.69 Å². The van der Waals surface area contributed by atoms with Crippen LogP contribution in [0.5, 0.6) is 0 Å². The maximum atomic E-state index is 12.8. The third-order valence-electron chi connectivity index (χ3n) is 3.14. The molecule has 0 unspecified atom stereocenters. The molecule has 2 aromatic carbocycles. The Bertz CT molecular complexity index is 659. The van der Waals surface area contributed by atoms with Crippen LogP contribution in [-0.4, -0.2) is 30.4 Å². The van der Waals surface area contributed by atoms with Crippen LogP contribution in [0.1, 0.15) is 5.56 Å². The number of para-hydroxylation sites is 1. The number of hydrogen-bond acceptors (Lipinski definition) is 2. The number of benzene rings is 2. The maximum Gasteiger partial charge on any atom is 0.317 e. The minimum atomic E-state index is -0.377. The van der Waals surface area contributed by atoms with Crippen LogP contribution in [0.3, 0.4) is 0 Å². The van der Waals surface area contributed by atoms with Crippen LogP contribution in [0.15, 0.2) is 54.6 Å². The second-order valence-electron chi connectivity index (χ2n) is 5.06. The fraction of sp³-hybridized carbons (Fsp3) is 0.176. The minimum absolute atomic E-state index is 0.0653. The number of rotatable bonds is 5. The molecule has 0 spiro atoms. The van der Waals surface area contributed by atoms with Crippen LogP contribution in [0, 0.1) is 5.82 Å². The van der Waals surface area contributed by atoms with Crippen LogP contribution in [0.4, 0.5) is 14.9 Å². The van der Waals surface area contributed by atoms with Crippen LogP contribution in [0.25, 0.3) is 0 Å². The number of hydrogen-bond donors (Lipinski definition) is 2. The summed E-state index contributed by atoms with van der Waals surface area (Å²) in [5, 5.41) is 5.38. The lowest BCUT2D eigenvalue weighted by Crippen LogP contribution is -2.41. The number of carbonyl (C=O) groups excluding carboxylic acids is 2. The Balaban J connectivity index is 1.78. The van der Waals surface area contributed by atoms with E-state index in [1.807, 2.05) is 18.2 Å². The van der Waals surface area contributed by atoms with Gasteiger partial charge in [-0.1, -0.05) is 30.3 Å². The molecular formula is C17H18FN3O2. The Morgan fingerprint density at radius 1 is 1.04 bits per heavy atom. The van der Waals surface area contributed by atoms with E-state index in [4.69, 9.17) is 0 Å². The molecule has 3 amide bonds. The Labute approximate surface area is 134 Å². The highest BCUT2D eigenvalue weighted by Crippen LogP contribution is 2.05. The van der Waals surface area contributed by atoms with E-state index in [9.17, 15) is 14.0 Å². The molecule has 0 saturated carbocycles. The molecule has 0 bridgehead atoms. The summed E-state index contributed by atoms with van der Waals surface area (Å²) in [6.07, 6.45) is 0. The molecule has 0 heterocycles. The number of nitrogens with one attached hydrogen (secondary N) is 2. The van der Waals surface area contributed by atoms with Gasteiger partial charge in [-0.15, -0.1) is 0 Å². The van der Waals surface area contributed by atoms with Crippen LogP contribution in [0.2, 0.25) is 0 Å². The molecule has 0 aliphatic carbocycles. The molecule has 0 fully saturated rings. The topological polar surface area (TPSA) is 61.4 Å². The summed E-state index contributed by atoms with van der Waals surface area (Å²) in [7, 11) is 1.53. The standard InChI is InChI=1S/C17H18FN3O2/c1-21(12-16(22)20-15-5-3-2-4-6-15)17(23)19-11-13-7-9-14(18)10-8-13/h2-10H,11-12H2,1H3,(H,19,23)(H,20,22). The maximum absolute atomic E-state index is 12.8. The van der Waals surface area contributed by atoms with Crippen molar-refractivity contribution in [2.24, 2.45) is 0 Å². The second kappa shape index (κ2) is 7.93. The molecule has 0 atom stereocenters. The lowest BCUT2D eigenvalue weighted by molar-refractivity contribution is -0.116. The van der Waals surface area contributed by atoms with Crippen molar-refractivity contribution in [1.82, 2.24) is 10.2 Å². The highest BCUT2D eigenvalue weighted by molar-refractivity contribution is 5.94. The SMILES string of the molecule is CN(CC(=O)Nc1ccccc1)C(=O)NCc1ccc(F)cc1. The van der Waals surface area contributed by atoms with Gasteiger partial charge in [0.25, 0.3) is 0 Å². The highest BCUT2D eigenvalue weighted by Gasteiger charge is 2.12. The number of amides is 3. The molecule has 0 aliphatic heterocycles. The molecule has 2 N–H and O–H groups in total. The summed E-state index contributed by atoms with van der Waals surface area (Å²) in [5.41, 5.74) is 1.46. The largest absolute Gasteiger partial charge is 0.334 e. The van der Waals surface area contributed by atoms with Crippen LogP contribution in [-0.2, 0) is 11.3 Å². The van der Waals surface area contributed by atoms with E-state index in [0.717, 1.165) is 5.56 Å². The van der Waals surface area contributed by atoms with Gasteiger partial charge in [0.15, 0.2) is 0 Å². The van der Waals surface area contributed by atoms with Gasteiger partial charge in [-0.05, 0) is 29.8 Å². The fourth-order valence-corrected chi connectivity index (χ4v) is 1.92. The predicted octanol–water partition coefficient (Wildman–Crippen LogP) is 2.61. The zero-order valence-electron chi connectivity index (χ0n) is 12.8. The Kier molecular flexibility index (Phi) is 5.68. The molecule has 6 heteroatoms. The fourth-order valence-electron chi connectivity index (χ4n) is 1.92. The minimum Gasteiger partial charge on any atom is -0.334 e. The smallest absolute Gasteiger partial charge is 0.317 e. The number of anilines is 1. The van der Waals surface area contributed by atoms with Crippen molar-refractivity contribution in [2.45, 2.75) is 6.54 Å². The molecule has 23 heavy (non-hydrogen) atoms. The molecule has 5 nitrogen and oxygen atoms in total. The first-order valence-electron chi connectivity index (χ1n) is 7.13. The number of nitrogens with zero attached hydrogens (tertiary/aromatic N) is 1. The lowest BCUT2D eigenvalue weighted by atomic mass is 10.2. The van der Waals surface area contributed by atoms with Gasteiger partial charge in [-0.25, -0.2) is 9.18 Å². The highest BCUT2D eigenvalue weighted by atomic mass is 19.1. The van der Waals surface area contributed by atoms with E-state index >= 15 is 0 Å². The van der Waals surface area contributed by atoms with Gasteiger partial charge in [0.2, 0.25) is 5.91 Å². The summed E-state index contributed by atoms with van der Waals surface area (Å²) < 4.78 is 12.8. The van der Waals surface area contributed by atoms with Crippen molar-refractivity contribution >= 4 is 17.6 Å². The predicted molar refractivity (Wildman–Crippen MR) is 86.3 cm³/mol. The quantitative estimate of drug-likeness (QED) is 0.891. The van der Waals surface area contributed by atoms with Gasteiger partial charge < -0.3 is 15.5 Å². The van der Waals surface area contributed by atoms with Gasteiger partial charge in [0, 0.05) is 19.3 Å². The van der Waals surface area contributed by atoms with E-state index in [-0.39, 0.29) is 30.8 Å². The summed E-state index contributed by atoms with van der Waals surface area (Å²) in [4.78, 5) is 25.1. The Morgan fingerprint density at radius 2 is 1.70 bits per heavy atom. The van der Waals surface area contributed by atoms with E-state index in [1.165, 1.54) is 24.1 Å². The molecule has 0 aliphatic rings. The van der Waals surface area contributed by atoms with Gasteiger partial charge >= 0.3 is 6.03 Å². The Hall–Kier alpha value is -2.89. The van der Waals surface area contributed by atoms with Gasteiger partial charge in [0.1, 0.15) is 12.4 Å². The zero-order valence-corrected chi connectivity index (χ0v) is 12.8. The van der Waals surface area contributed by atoms with Gasteiger partial charge in [-0.2, -0.15) is 0 Å². The van der Waals surface area contributed by atoms with Crippen molar-refractivity contribution in [1.29, 1.82) is 0 Å². The van der Waals surface area contributed by atoms with Crippen molar-refractivity contribution < 1.29 is 14.0 Å². The number of carbonyl (C=O) groups is 2. The average molecular weight is 315 g/mol. The normalized spacial score (nSPS) is 10.0. The van der Waals surface area contributed by atoms with E-state index < -0.39 is 0 Å². The summed E-state index contributed by atoms with van der Waals surface area (Å²) in [6, 6.07) is 14.5. The number of halogens is 1. The second-order valence-corrected chi connectivity index (χ2v) is 5.06. The molecule has 120 valence electrons. The van der Waals surface area contributed by atoms with Crippen molar-refractivity contribution in [3.05, 3.63) is 66.0 Å². The molecule has 0 aromatic heterocycles. The molecular weight excluding hydrogens is 297 g/mol. The Morgan fingerprint density at radius 3 is 2.35 bits per heavy atom. The first-order chi connectivity index (χ1) is 11.0. The van der Waals surface area contributed by atoms with E-state index in [1.54, 1.807) is 24.3 Å². The lowest BCUT2D eigenvalue weighted by Gasteiger charge is -2.17. The third-order valence-corrected chi connectivity index (χ3v) is 3.14. The number of urea groups is 1. The molecule has 0 radical (unpaired) electrons. The number of likely N-dealkylation sites (N-methyl/N-ethyl adjacent to an activating group) is 1. The average Bonchev–Trinajstić information content (AvgIpc) is 2.54. The monoisotopic (exact) mass is 315 g/mol. The van der Waals surface area contributed by atoms with Gasteiger partial charge in [-0.3, -0.25) is 4.79 Å². The van der Waals surface area contributed by atoms with Crippen molar-refractivity contribution in [3.8, 4) is 0 Å². The zero-order chi connectivity index (χ0) is 16.7. The van der Waals surface area contributed by atoms with Gasteiger partial charge in [0.05, 0.1) is 0 Å². The van der Waals surface area contributed by atoms with Crippen molar-refractivity contribution in [3.63, 3.8) is 0 Å². The molecule has 0 saturated heterocycles. The van der Waals surface area contributed by atoms with E-state index in [2.05, 4.69) is 10.6 Å². The van der Waals surface area contributed by atoms with Crippen LogP contribution >= 0.6 is 0 Å². The summed E-state index contributed by atoms with van der Waals surface area (Å²) in [5.74, 6) is -0.606. The van der Waals surface area contributed by atoms with Crippen molar-refractivity contribution in [2.75, 3.05) is 18.9 Å². The first-order valence-corrected chi connectivity index (χ1v) is 7.13. The first kappa shape index (κ1) is 16.5. The van der Waals surface area contributed by atoms with Crippen LogP contribution < -0.4 is 10.6 Å². The third kappa shape index (κ3) is 5.43. The molecule has 2 aromatic rings. The summed E-state index contributed by atoms with van der Waals surface area (Å²) >= 11 is 0. The summed E-state index contributed by atoms with van der Waals surface area (Å²) in [6.45, 7) is 0.202.